The molecule has 23 heavy (non-hydrogen) atoms. The summed E-state index contributed by atoms with van der Waals surface area (Å²) in [4.78, 5) is 7.02. The highest BCUT2D eigenvalue weighted by molar-refractivity contribution is 5.60. The van der Waals surface area contributed by atoms with Crippen LogP contribution < -0.4 is 9.64 Å². The van der Waals surface area contributed by atoms with Crippen molar-refractivity contribution in [2.24, 2.45) is 0 Å². The monoisotopic (exact) mass is 307 g/mol. The number of benzene rings is 1. The molecule has 1 aromatic carbocycles. The van der Waals surface area contributed by atoms with E-state index < -0.39 is 0 Å². The summed E-state index contributed by atoms with van der Waals surface area (Å²) in [5.41, 5.74) is 2.06. The molecule has 0 bridgehead atoms. The lowest BCUT2D eigenvalue weighted by atomic mass is 10.1. The van der Waals surface area contributed by atoms with E-state index in [0.29, 0.717) is 6.61 Å². The molecule has 0 aliphatic carbocycles. The third-order valence-corrected chi connectivity index (χ3v) is 4.40. The van der Waals surface area contributed by atoms with Crippen LogP contribution in [0.15, 0.2) is 54.9 Å². The summed E-state index contributed by atoms with van der Waals surface area (Å²) in [5, 5.41) is 0. The lowest BCUT2D eigenvalue weighted by Gasteiger charge is -2.27. The normalized spacial score (nSPS) is 15.0. The van der Waals surface area contributed by atoms with Crippen LogP contribution in [-0.4, -0.2) is 22.5 Å². The number of nitrogens with zero attached hydrogens (tertiary/aromatic N) is 3. The van der Waals surface area contributed by atoms with Gasteiger partial charge in [-0.2, -0.15) is 0 Å². The fourth-order valence-electron chi connectivity index (χ4n) is 3.18. The average molecular weight is 307 g/mol. The summed E-state index contributed by atoms with van der Waals surface area (Å²) in [6.07, 6.45) is 7.89. The summed E-state index contributed by atoms with van der Waals surface area (Å²) >= 11 is 0. The fraction of sp³-hybridized carbons (Fsp3) is 0.316. The van der Waals surface area contributed by atoms with Crippen molar-refractivity contribution < 1.29 is 4.74 Å². The lowest BCUT2D eigenvalue weighted by molar-refractivity contribution is 0.308. The molecule has 0 N–H and O–H groups in total. The Labute approximate surface area is 136 Å². The Balaban J connectivity index is 1.59. The van der Waals surface area contributed by atoms with Gasteiger partial charge < -0.3 is 9.64 Å². The molecule has 1 fully saturated rings. The molecule has 0 amide bonds. The predicted octanol–water partition coefficient (Wildman–Crippen LogP) is 3.90. The molecule has 0 unspecified atom stereocenters. The predicted molar refractivity (Wildman–Crippen MR) is 92.0 cm³/mol. The SMILES string of the molecule is c1ccc(COc2cccn3c(N4CCCCC4)cnc23)cc1. The molecule has 0 spiro atoms. The van der Waals surface area contributed by atoms with E-state index in [2.05, 4.69) is 32.6 Å². The minimum atomic E-state index is 0.562. The fourth-order valence-corrected chi connectivity index (χ4v) is 3.18. The van der Waals surface area contributed by atoms with E-state index in [9.17, 15) is 0 Å². The van der Waals surface area contributed by atoms with Gasteiger partial charge in [-0.25, -0.2) is 4.98 Å². The van der Waals surface area contributed by atoms with Gasteiger partial charge in [-0.15, -0.1) is 0 Å². The number of hydrogen-bond donors (Lipinski definition) is 0. The molecular formula is C19H21N3O. The largest absolute Gasteiger partial charge is 0.485 e. The lowest BCUT2D eigenvalue weighted by Crippen LogP contribution is -2.30. The second-order valence-corrected chi connectivity index (χ2v) is 6.00. The maximum Gasteiger partial charge on any atom is 0.181 e. The van der Waals surface area contributed by atoms with E-state index in [-0.39, 0.29) is 0 Å². The highest BCUT2D eigenvalue weighted by Gasteiger charge is 2.16. The highest BCUT2D eigenvalue weighted by Crippen LogP contribution is 2.26. The molecule has 118 valence electrons. The second-order valence-electron chi connectivity index (χ2n) is 6.00. The van der Waals surface area contributed by atoms with Crippen molar-refractivity contribution in [3.05, 3.63) is 60.4 Å². The van der Waals surface area contributed by atoms with Crippen molar-refractivity contribution in [1.29, 1.82) is 0 Å². The smallest absolute Gasteiger partial charge is 0.181 e. The molecule has 0 saturated carbocycles. The molecular weight excluding hydrogens is 286 g/mol. The van der Waals surface area contributed by atoms with Gasteiger partial charge in [0, 0.05) is 19.3 Å². The summed E-state index contributed by atoms with van der Waals surface area (Å²) in [6, 6.07) is 14.2. The minimum Gasteiger partial charge on any atom is -0.485 e. The van der Waals surface area contributed by atoms with E-state index >= 15 is 0 Å². The van der Waals surface area contributed by atoms with E-state index in [1.54, 1.807) is 0 Å². The van der Waals surface area contributed by atoms with Crippen molar-refractivity contribution in [2.75, 3.05) is 18.0 Å². The quantitative estimate of drug-likeness (QED) is 0.732. The Morgan fingerprint density at radius 3 is 2.61 bits per heavy atom. The number of anilines is 1. The van der Waals surface area contributed by atoms with Crippen LogP contribution in [0.5, 0.6) is 5.75 Å². The number of ether oxygens (including phenoxy) is 1. The molecule has 4 nitrogen and oxygen atoms in total. The van der Waals surface area contributed by atoms with Crippen molar-refractivity contribution in [2.45, 2.75) is 25.9 Å². The molecule has 0 radical (unpaired) electrons. The summed E-state index contributed by atoms with van der Waals surface area (Å²) < 4.78 is 8.15. The van der Waals surface area contributed by atoms with Gasteiger partial charge in [0.2, 0.25) is 0 Å². The van der Waals surface area contributed by atoms with Crippen LogP contribution >= 0.6 is 0 Å². The van der Waals surface area contributed by atoms with E-state index in [1.807, 2.05) is 36.5 Å². The molecule has 2 aromatic heterocycles. The zero-order chi connectivity index (χ0) is 15.5. The van der Waals surface area contributed by atoms with Crippen LogP contribution in [0.2, 0.25) is 0 Å². The Morgan fingerprint density at radius 1 is 0.957 bits per heavy atom. The first-order valence-corrected chi connectivity index (χ1v) is 8.29. The van der Waals surface area contributed by atoms with Gasteiger partial charge in [-0.05, 0) is 37.0 Å². The number of piperidine rings is 1. The Hall–Kier alpha value is -2.49. The first kappa shape index (κ1) is 14.1. The Morgan fingerprint density at radius 2 is 1.78 bits per heavy atom. The van der Waals surface area contributed by atoms with E-state index in [0.717, 1.165) is 30.0 Å². The number of rotatable bonds is 4. The number of hydrogen-bond acceptors (Lipinski definition) is 3. The van der Waals surface area contributed by atoms with E-state index in [4.69, 9.17) is 4.74 Å². The topological polar surface area (TPSA) is 29.8 Å². The Bertz CT molecular complexity index is 776. The summed E-state index contributed by atoms with van der Waals surface area (Å²) in [5.74, 6) is 2.00. The second kappa shape index (κ2) is 6.32. The summed E-state index contributed by atoms with van der Waals surface area (Å²) in [6.45, 7) is 2.79. The number of imidazole rings is 1. The molecule has 1 aliphatic rings. The number of pyridine rings is 1. The molecule has 3 aromatic rings. The van der Waals surface area contributed by atoms with Crippen molar-refractivity contribution in [3.63, 3.8) is 0 Å². The molecule has 0 atom stereocenters. The average Bonchev–Trinajstić information content (AvgIpc) is 3.06. The van der Waals surface area contributed by atoms with Gasteiger partial charge in [0.1, 0.15) is 12.4 Å². The first-order chi connectivity index (χ1) is 11.4. The van der Waals surface area contributed by atoms with Gasteiger partial charge in [0.15, 0.2) is 11.4 Å². The zero-order valence-corrected chi connectivity index (χ0v) is 13.2. The summed E-state index contributed by atoms with van der Waals surface area (Å²) in [7, 11) is 0. The molecule has 1 saturated heterocycles. The standard InChI is InChI=1S/C19H21N3O/c1-3-8-16(9-4-1)15-23-17-10-7-13-22-18(14-20-19(17)22)21-11-5-2-6-12-21/h1,3-4,7-10,13-14H,2,5-6,11-12,15H2. The van der Waals surface area contributed by atoms with Crippen LogP contribution in [0.3, 0.4) is 0 Å². The molecule has 4 heteroatoms. The highest BCUT2D eigenvalue weighted by atomic mass is 16.5. The first-order valence-electron chi connectivity index (χ1n) is 8.29. The third-order valence-electron chi connectivity index (χ3n) is 4.40. The molecule has 1 aliphatic heterocycles. The van der Waals surface area contributed by atoms with Crippen LogP contribution in [0, 0.1) is 0 Å². The molecule has 3 heterocycles. The van der Waals surface area contributed by atoms with Crippen molar-refractivity contribution in [1.82, 2.24) is 9.38 Å². The number of aromatic nitrogens is 2. The van der Waals surface area contributed by atoms with Gasteiger partial charge >= 0.3 is 0 Å². The van der Waals surface area contributed by atoms with Crippen LogP contribution in [0.1, 0.15) is 24.8 Å². The van der Waals surface area contributed by atoms with Crippen LogP contribution in [0.4, 0.5) is 5.82 Å². The third kappa shape index (κ3) is 2.89. The van der Waals surface area contributed by atoms with Gasteiger partial charge in [0.05, 0.1) is 6.20 Å². The maximum absolute atomic E-state index is 6.00. The Kier molecular flexibility index (Phi) is 3.88. The minimum absolute atomic E-state index is 0.562. The van der Waals surface area contributed by atoms with Gasteiger partial charge in [-0.3, -0.25) is 4.40 Å². The van der Waals surface area contributed by atoms with Gasteiger partial charge in [-0.1, -0.05) is 30.3 Å². The number of fused-ring (bicyclic) bond motifs is 1. The van der Waals surface area contributed by atoms with Gasteiger partial charge in [0.25, 0.3) is 0 Å². The van der Waals surface area contributed by atoms with Crippen LogP contribution in [-0.2, 0) is 6.61 Å². The van der Waals surface area contributed by atoms with Crippen LogP contribution in [0.25, 0.3) is 5.65 Å². The van der Waals surface area contributed by atoms with E-state index in [1.165, 1.54) is 25.1 Å². The van der Waals surface area contributed by atoms with Crippen molar-refractivity contribution in [3.8, 4) is 5.75 Å². The maximum atomic E-state index is 6.00. The molecule has 4 rings (SSSR count). The van der Waals surface area contributed by atoms with Crippen molar-refractivity contribution >= 4 is 11.5 Å². The zero-order valence-electron chi connectivity index (χ0n) is 13.2.